The second-order valence-electron chi connectivity index (χ2n) is 23.8. The second-order valence-corrected chi connectivity index (χ2v) is 23.8. The number of Topliss-reactive ketones (excluding diaryl/α,β-unsaturated/α-hetero) is 2. The maximum absolute atomic E-state index is 14.5. The van der Waals surface area contributed by atoms with Crippen LogP contribution in [0, 0.1) is 23.5 Å². The fraction of sp³-hybridized carbons (Fsp3) is 0.529. The van der Waals surface area contributed by atoms with Gasteiger partial charge in [-0.1, -0.05) is 163 Å². The van der Waals surface area contributed by atoms with Gasteiger partial charge in [-0.15, -0.1) is 0 Å². The molecule has 86 heavy (non-hydrogen) atoms. The maximum atomic E-state index is 14.5. The Hall–Kier alpha value is -7.50. The number of aliphatic carboxylic acids is 1. The van der Waals surface area contributed by atoms with Crippen molar-refractivity contribution in [3.05, 3.63) is 126 Å². The number of nitrogens with one attached hydrogen (secondary N) is 3. The third-order valence-electron chi connectivity index (χ3n) is 17.3. The monoisotopic (exact) mass is 1180 g/mol. The number of ketones is 2. The molecule has 4 aromatic carbocycles. The van der Waals surface area contributed by atoms with Crippen LogP contribution in [0.2, 0.25) is 0 Å². The summed E-state index contributed by atoms with van der Waals surface area (Å²) in [4.78, 5) is 103. The zero-order valence-electron chi connectivity index (χ0n) is 50.0. The molecule has 0 unspecified atom stereocenters. The number of aromatic nitrogens is 2. The molecule has 4 fully saturated rings. The number of fused-ring (bicyclic) bond motifs is 1. The number of para-hydroxylation sites is 2. The van der Waals surface area contributed by atoms with Gasteiger partial charge in [0.15, 0.2) is 5.82 Å². The highest BCUT2D eigenvalue weighted by Crippen LogP contribution is 2.35. The van der Waals surface area contributed by atoms with Gasteiger partial charge in [0.1, 0.15) is 34.8 Å². The summed E-state index contributed by atoms with van der Waals surface area (Å²) in [6, 6.07) is 27.5. The molecule has 5 heterocycles. The minimum atomic E-state index is -1.07. The minimum Gasteiger partial charge on any atom is -0.480 e. The molecule has 4 saturated heterocycles. The molecule has 4 amide bonds. The first-order valence-corrected chi connectivity index (χ1v) is 31.7. The molecule has 16 nitrogen and oxygen atoms in total. The van der Waals surface area contributed by atoms with Gasteiger partial charge in [0, 0.05) is 51.6 Å². The van der Waals surface area contributed by atoms with Crippen molar-refractivity contribution >= 4 is 63.6 Å². The summed E-state index contributed by atoms with van der Waals surface area (Å²) in [5.74, 6) is -4.11. The van der Waals surface area contributed by atoms with Crippen LogP contribution < -0.4 is 22.1 Å². The van der Waals surface area contributed by atoms with E-state index in [0.717, 1.165) is 140 Å². The normalized spacial score (nSPS) is 23.0. The molecule has 1 aromatic heterocycles. The highest BCUT2D eigenvalue weighted by atomic mass is 19.1. The topological polar surface area (TPSA) is 251 Å². The van der Waals surface area contributed by atoms with Crippen molar-refractivity contribution in [2.24, 2.45) is 11.8 Å². The molecule has 5 aromatic rings. The largest absolute Gasteiger partial charge is 0.480 e. The Kier molecular flexibility index (Phi) is 26.6. The summed E-state index contributed by atoms with van der Waals surface area (Å²) in [7, 11) is 0. The number of hydrogen-bond acceptors (Lipinski definition) is 10. The number of carbonyl (C=O) groups excluding carboxylic acids is 6. The SMILES string of the molecule is Nc1cccc(F)c1N.O=C1CCCCCCCCCC[C@@H](C(=O)O)NC(=O)[C@H](CC(=O)N2CCC[C@@H]2c2ccccc2)C1.O=C1CCCCCCCCCC[C@@H](c2nc3c(F)cccc3[nH]2)NC(=O)[C@H](CC(=O)N2CCC[C@@H]2c2ccccc2)C1. The summed E-state index contributed by atoms with van der Waals surface area (Å²) in [6.45, 7) is 1.27. The number of anilines is 2. The summed E-state index contributed by atoms with van der Waals surface area (Å²) < 4.78 is 26.8. The first kappa shape index (κ1) is 66.0. The van der Waals surface area contributed by atoms with E-state index in [1.54, 1.807) is 18.2 Å². The van der Waals surface area contributed by atoms with E-state index in [9.17, 15) is 47.4 Å². The summed E-state index contributed by atoms with van der Waals surface area (Å²) in [5.41, 5.74) is 13.7. The number of carbonyl (C=O) groups is 7. The van der Waals surface area contributed by atoms with Gasteiger partial charge in [-0.3, -0.25) is 28.8 Å². The van der Waals surface area contributed by atoms with Gasteiger partial charge in [0.2, 0.25) is 23.6 Å². The number of aromatic amines is 1. The molecule has 18 heteroatoms. The fourth-order valence-corrected chi connectivity index (χ4v) is 12.4. The number of imidazole rings is 1. The number of nitrogen functional groups attached to an aromatic ring is 2. The molecular formula is C68H90F2N8O8. The molecule has 0 radical (unpaired) electrons. The van der Waals surface area contributed by atoms with Gasteiger partial charge in [-0.2, -0.15) is 0 Å². The number of amides is 4. The second kappa shape index (κ2) is 34.6. The number of halogens is 2. The van der Waals surface area contributed by atoms with Gasteiger partial charge >= 0.3 is 5.97 Å². The minimum absolute atomic E-state index is 0.0115. The van der Waals surface area contributed by atoms with Crippen molar-refractivity contribution < 1.29 is 47.4 Å². The quantitative estimate of drug-likeness (QED) is 0.0797. The Bertz CT molecular complexity index is 2980. The smallest absolute Gasteiger partial charge is 0.326 e. The molecule has 4 aliphatic rings. The summed E-state index contributed by atoms with van der Waals surface area (Å²) in [5, 5.41) is 15.4. The number of carboxylic acids is 1. The fourth-order valence-electron chi connectivity index (χ4n) is 12.4. The van der Waals surface area contributed by atoms with Crippen LogP contribution in [0.15, 0.2) is 97.1 Å². The van der Waals surface area contributed by atoms with Crippen molar-refractivity contribution in [1.82, 2.24) is 30.4 Å². The van der Waals surface area contributed by atoms with Crippen LogP contribution in [0.25, 0.3) is 11.0 Å². The van der Waals surface area contributed by atoms with Gasteiger partial charge in [0.25, 0.3) is 0 Å². The van der Waals surface area contributed by atoms with Crippen LogP contribution >= 0.6 is 0 Å². The molecule has 0 spiro atoms. The number of likely N-dealkylation sites (tertiary alicyclic amines) is 2. The van der Waals surface area contributed by atoms with E-state index in [-0.39, 0.29) is 83.9 Å². The van der Waals surface area contributed by atoms with E-state index in [0.29, 0.717) is 50.1 Å². The average molecular weight is 1190 g/mol. The standard InChI is InChI=1S/C34H43FN4O3.C28H40N2O5.C6H7FN2/c35-27-17-12-19-28-32(27)38-33(36-28)29-18-11-6-4-2-1-3-5-10-16-26(40)22-25(34(42)37-29)23-31(41)39-21-13-20-30(39)24-14-8-7-9-15-24;31-23-15-10-5-3-1-2-4-6-11-16-24(28(34)35)29-27(33)22(19-23)20-26(32)30-18-12-17-25(30)21-13-8-7-9-14-21;7-4-2-1-3-5(8)6(4)9/h7-9,12,14-15,17,19,25,29-30H,1-6,10-11,13,16,18,20-23H2,(H,36,38)(H,37,42);7-9,13-14,22,24-25H,1-6,10-12,15-20H2,(H,29,33)(H,34,35);1-3H,8-9H2/t25-,29-,30+;22-,24-,25+;/m00./s1. The van der Waals surface area contributed by atoms with Crippen LogP contribution in [-0.2, 0) is 33.6 Å². The van der Waals surface area contributed by atoms with E-state index in [1.807, 2.05) is 70.5 Å². The zero-order chi connectivity index (χ0) is 61.2. The molecule has 8 N–H and O–H groups in total. The number of rotatable bonds is 8. The van der Waals surface area contributed by atoms with Crippen molar-refractivity contribution in [1.29, 1.82) is 0 Å². The van der Waals surface area contributed by atoms with Gasteiger partial charge < -0.3 is 42.0 Å². The predicted octanol–water partition coefficient (Wildman–Crippen LogP) is 12.9. The zero-order valence-corrected chi connectivity index (χ0v) is 50.0. The van der Waals surface area contributed by atoms with E-state index in [4.69, 9.17) is 11.5 Å². The molecular weight excluding hydrogens is 1090 g/mol. The first-order chi connectivity index (χ1) is 41.7. The molecule has 0 saturated carbocycles. The molecule has 4 aliphatic heterocycles. The Morgan fingerprint density at radius 2 is 0.977 bits per heavy atom. The van der Waals surface area contributed by atoms with E-state index in [2.05, 4.69) is 20.6 Å². The lowest BCUT2D eigenvalue weighted by Crippen LogP contribution is -2.45. The Morgan fingerprint density at radius 3 is 1.45 bits per heavy atom. The Morgan fingerprint density at radius 1 is 0.523 bits per heavy atom. The summed E-state index contributed by atoms with van der Waals surface area (Å²) >= 11 is 0. The van der Waals surface area contributed by atoms with Gasteiger partial charge in [-0.25, -0.2) is 18.6 Å². The molecule has 9 rings (SSSR count). The molecule has 0 bridgehead atoms. The van der Waals surface area contributed by atoms with Crippen LogP contribution in [-0.4, -0.2) is 85.2 Å². The predicted molar refractivity (Wildman–Crippen MR) is 330 cm³/mol. The first-order valence-electron chi connectivity index (χ1n) is 31.7. The number of H-pyrrole nitrogens is 1. The number of carboxylic acid groups (broad SMARTS) is 1. The molecule has 0 aliphatic carbocycles. The number of hydrogen-bond donors (Lipinski definition) is 6. The van der Waals surface area contributed by atoms with Crippen LogP contribution in [0.5, 0.6) is 0 Å². The Labute approximate surface area is 505 Å². The third kappa shape index (κ3) is 20.3. The highest BCUT2D eigenvalue weighted by molar-refractivity contribution is 5.93. The van der Waals surface area contributed by atoms with Crippen molar-refractivity contribution in [3.63, 3.8) is 0 Å². The highest BCUT2D eigenvalue weighted by Gasteiger charge is 2.37. The third-order valence-corrected chi connectivity index (χ3v) is 17.3. The van der Waals surface area contributed by atoms with Crippen LogP contribution in [0.3, 0.4) is 0 Å². The lowest BCUT2D eigenvalue weighted by molar-refractivity contribution is -0.143. The lowest BCUT2D eigenvalue weighted by Gasteiger charge is -2.27. The molecule has 6 atom stereocenters. The van der Waals surface area contributed by atoms with Gasteiger partial charge in [0.05, 0.1) is 46.9 Å². The Balaban J connectivity index is 0.000000217. The van der Waals surface area contributed by atoms with Crippen LogP contribution in [0.1, 0.15) is 215 Å². The van der Waals surface area contributed by atoms with Gasteiger partial charge in [-0.05, 0) is 86.8 Å². The van der Waals surface area contributed by atoms with E-state index < -0.39 is 47.4 Å². The van der Waals surface area contributed by atoms with Crippen molar-refractivity contribution in [2.45, 2.75) is 204 Å². The number of benzene rings is 4. The summed E-state index contributed by atoms with van der Waals surface area (Å²) in [6.07, 6.45) is 21.5. The number of nitrogens with two attached hydrogens (primary N) is 2. The van der Waals surface area contributed by atoms with E-state index in [1.165, 1.54) is 18.2 Å². The lowest BCUT2D eigenvalue weighted by atomic mass is 9.93. The maximum Gasteiger partial charge on any atom is 0.326 e. The van der Waals surface area contributed by atoms with Crippen molar-refractivity contribution in [2.75, 3.05) is 24.6 Å². The molecule has 464 valence electrons. The number of nitrogens with zero attached hydrogens (tertiary/aromatic N) is 3. The van der Waals surface area contributed by atoms with Crippen LogP contribution in [0.4, 0.5) is 20.2 Å². The van der Waals surface area contributed by atoms with E-state index >= 15 is 0 Å². The van der Waals surface area contributed by atoms with Crippen molar-refractivity contribution in [3.8, 4) is 0 Å². The average Bonchev–Trinajstić information content (AvgIpc) is 4.51.